The van der Waals surface area contributed by atoms with E-state index in [9.17, 15) is 13.2 Å². The number of nitrogens with one attached hydrogen (secondary N) is 2. The van der Waals surface area contributed by atoms with Crippen molar-refractivity contribution >= 4 is 27.3 Å². The zero-order valence-electron chi connectivity index (χ0n) is 18.0. The lowest BCUT2D eigenvalue weighted by Crippen LogP contribution is -2.36. The van der Waals surface area contributed by atoms with Crippen LogP contribution in [0.3, 0.4) is 0 Å². The van der Waals surface area contributed by atoms with Crippen LogP contribution in [0.5, 0.6) is 0 Å². The topological polar surface area (TPSA) is 101 Å². The Morgan fingerprint density at radius 3 is 2.68 bits per heavy atom. The van der Waals surface area contributed by atoms with Crippen LogP contribution in [0.2, 0.25) is 0 Å². The molecule has 1 aromatic heterocycles. The van der Waals surface area contributed by atoms with Gasteiger partial charge in [0.15, 0.2) is 0 Å². The van der Waals surface area contributed by atoms with Crippen molar-refractivity contribution < 1.29 is 17.9 Å². The normalized spacial score (nSPS) is 20.5. The predicted molar refractivity (Wildman–Crippen MR) is 120 cm³/mol. The van der Waals surface area contributed by atoms with Gasteiger partial charge in [0.05, 0.1) is 36.9 Å². The van der Waals surface area contributed by atoms with Crippen molar-refractivity contribution in [1.29, 1.82) is 0 Å². The maximum atomic E-state index is 12.2. The third-order valence-electron chi connectivity index (χ3n) is 5.74. The molecule has 0 spiro atoms. The summed E-state index contributed by atoms with van der Waals surface area (Å²) in [5.41, 5.74) is 3.79. The van der Waals surface area contributed by atoms with E-state index >= 15 is 0 Å². The monoisotopic (exact) mass is 444 g/mol. The van der Waals surface area contributed by atoms with Crippen LogP contribution in [0.4, 0.5) is 11.4 Å². The van der Waals surface area contributed by atoms with Gasteiger partial charge in [-0.2, -0.15) is 0 Å². The van der Waals surface area contributed by atoms with Crippen molar-refractivity contribution in [2.24, 2.45) is 0 Å². The lowest BCUT2D eigenvalue weighted by molar-refractivity contribution is 0.0976. The molecule has 1 atom stereocenters. The predicted octanol–water partition coefficient (Wildman–Crippen LogP) is 2.44. The highest BCUT2D eigenvalue weighted by Gasteiger charge is 2.35. The fourth-order valence-corrected chi connectivity index (χ4v) is 4.69. The van der Waals surface area contributed by atoms with Crippen LogP contribution in [0, 0.1) is 0 Å². The largest absolute Gasteiger partial charge is 0.378 e. The van der Waals surface area contributed by atoms with E-state index in [2.05, 4.69) is 53.3 Å². The maximum absolute atomic E-state index is 12.2. The van der Waals surface area contributed by atoms with E-state index in [1.54, 1.807) is 12.1 Å². The molecular weight excluding hydrogens is 416 g/mol. The standard InChI is InChI=1S/C22H28N4O4S/c1-22(2)14-19(15-5-4-6-16(13-15)26-9-11-30-12-10-26)23-17-7-8-18(24-20(17)22)21(27)25-31(3,28)29/h4-8,13,19,23H,9-12,14H2,1-3H3,(H,25,27). The maximum Gasteiger partial charge on any atom is 0.283 e. The average molecular weight is 445 g/mol. The fraction of sp³-hybridized carbons (Fsp3) is 0.455. The molecule has 3 heterocycles. The quantitative estimate of drug-likeness (QED) is 0.747. The highest BCUT2D eigenvalue weighted by atomic mass is 32.2. The van der Waals surface area contributed by atoms with Gasteiger partial charge in [-0.05, 0) is 36.2 Å². The molecule has 1 amide bonds. The molecule has 31 heavy (non-hydrogen) atoms. The van der Waals surface area contributed by atoms with E-state index in [-0.39, 0.29) is 17.2 Å². The van der Waals surface area contributed by atoms with E-state index in [0.29, 0.717) is 0 Å². The molecule has 4 rings (SSSR count). The summed E-state index contributed by atoms with van der Waals surface area (Å²) in [6.45, 7) is 7.45. The number of aromatic nitrogens is 1. The number of rotatable bonds is 4. The Morgan fingerprint density at radius 1 is 1.23 bits per heavy atom. The number of ether oxygens (including phenoxy) is 1. The van der Waals surface area contributed by atoms with Gasteiger partial charge in [-0.15, -0.1) is 0 Å². The Kier molecular flexibility index (Phi) is 5.65. The Bertz CT molecular complexity index is 1090. The van der Waals surface area contributed by atoms with Gasteiger partial charge in [0.1, 0.15) is 5.69 Å². The number of carbonyl (C=O) groups excluding carboxylic acids is 1. The first-order valence-corrected chi connectivity index (χ1v) is 12.2. The Labute approximate surface area is 183 Å². The number of nitrogens with zero attached hydrogens (tertiary/aromatic N) is 2. The summed E-state index contributed by atoms with van der Waals surface area (Å²) in [7, 11) is -3.65. The summed E-state index contributed by atoms with van der Waals surface area (Å²) in [4.78, 5) is 19.1. The van der Waals surface area contributed by atoms with Gasteiger partial charge in [-0.1, -0.05) is 26.0 Å². The minimum Gasteiger partial charge on any atom is -0.378 e. The van der Waals surface area contributed by atoms with Crippen LogP contribution in [0.15, 0.2) is 36.4 Å². The number of fused-ring (bicyclic) bond motifs is 1. The second-order valence-electron chi connectivity index (χ2n) is 8.78. The molecular formula is C22H28N4O4S. The Balaban J connectivity index is 1.60. The molecule has 2 N–H and O–H groups in total. The number of benzene rings is 1. The van der Waals surface area contributed by atoms with Crippen molar-refractivity contribution in [2.75, 3.05) is 42.8 Å². The van der Waals surface area contributed by atoms with Crippen LogP contribution in [-0.4, -0.2) is 51.9 Å². The smallest absolute Gasteiger partial charge is 0.283 e. The summed E-state index contributed by atoms with van der Waals surface area (Å²) in [6.07, 6.45) is 1.74. The van der Waals surface area contributed by atoms with Crippen molar-refractivity contribution in [3.05, 3.63) is 53.3 Å². The number of anilines is 2. The Morgan fingerprint density at radius 2 is 1.97 bits per heavy atom. The highest BCUT2D eigenvalue weighted by Crippen LogP contribution is 2.43. The molecule has 0 aliphatic carbocycles. The molecule has 0 bridgehead atoms. The zero-order chi connectivity index (χ0) is 22.2. The minimum absolute atomic E-state index is 0.0896. The van der Waals surface area contributed by atoms with Gasteiger partial charge in [-0.25, -0.2) is 18.1 Å². The van der Waals surface area contributed by atoms with Crippen LogP contribution < -0.4 is 14.9 Å². The molecule has 1 unspecified atom stereocenters. The number of hydrogen-bond acceptors (Lipinski definition) is 7. The van der Waals surface area contributed by atoms with Crippen molar-refractivity contribution in [3.63, 3.8) is 0 Å². The molecule has 1 aromatic carbocycles. The molecule has 1 fully saturated rings. The average Bonchev–Trinajstić information content (AvgIpc) is 2.72. The number of pyridine rings is 1. The van der Waals surface area contributed by atoms with Crippen molar-refractivity contribution in [2.45, 2.75) is 31.7 Å². The van der Waals surface area contributed by atoms with Crippen molar-refractivity contribution in [3.8, 4) is 0 Å². The molecule has 0 radical (unpaired) electrons. The van der Waals surface area contributed by atoms with Crippen LogP contribution in [0.1, 0.15) is 48.1 Å². The second-order valence-corrected chi connectivity index (χ2v) is 10.5. The first-order chi connectivity index (χ1) is 14.6. The number of carbonyl (C=O) groups is 1. The van der Waals surface area contributed by atoms with E-state index in [0.717, 1.165) is 50.4 Å². The summed E-state index contributed by atoms with van der Waals surface area (Å²) >= 11 is 0. The van der Waals surface area contributed by atoms with E-state index in [1.165, 1.54) is 11.3 Å². The van der Waals surface area contributed by atoms with E-state index in [4.69, 9.17) is 4.74 Å². The molecule has 9 heteroatoms. The summed E-state index contributed by atoms with van der Waals surface area (Å²) < 4.78 is 30.2. The third-order valence-corrected chi connectivity index (χ3v) is 6.30. The SMILES string of the molecule is CC1(C)CC(c2cccc(N3CCOCC3)c2)Nc2ccc(C(=O)NS(C)(=O)=O)nc21. The van der Waals surface area contributed by atoms with Gasteiger partial charge in [0.25, 0.3) is 5.91 Å². The highest BCUT2D eigenvalue weighted by molar-refractivity contribution is 7.89. The number of morpholine rings is 1. The third kappa shape index (κ3) is 4.83. The lowest BCUT2D eigenvalue weighted by Gasteiger charge is -2.38. The van der Waals surface area contributed by atoms with Crippen LogP contribution in [-0.2, 0) is 20.2 Å². The number of amides is 1. The fourth-order valence-electron chi connectivity index (χ4n) is 4.25. The van der Waals surface area contributed by atoms with Gasteiger partial charge in [-0.3, -0.25) is 4.79 Å². The number of hydrogen-bond donors (Lipinski definition) is 2. The molecule has 2 aliphatic rings. The van der Waals surface area contributed by atoms with Gasteiger partial charge in [0.2, 0.25) is 10.0 Å². The first-order valence-electron chi connectivity index (χ1n) is 10.4. The molecule has 8 nitrogen and oxygen atoms in total. The van der Waals surface area contributed by atoms with Gasteiger partial charge < -0.3 is 15.0 Å². The zero-order valence-corrected chi connectivity index (χ0v) is 18.8. The summed E-state index contributed by atoms with van der Waals surface area (Å²) in [5.74, 6) is -0.721. The molecule has 2 aliphatic heterocycles. The minimum atomic E-state index is -3.65. The summed E-state index contributed by atoms with van der Waals surface area (Å²) in [5, 5.41) is 3.56. The Hall–Kier alpha value is -2.65. The number of sulfonamides is 1. The molecule has 0 saturated carbocycles. The molecule has 2 aromatic rings. The van der Waals surface area contributed by atoms with Gasteiger partial charge in [0, 0.05) is 24.2 Å². The van der Waals surface area contributed by atoms with E-state index in [1.807, 2.05) is 4.72 Å². The second kappa shape index (κ2) is 8.12. The lowest BCUT2D eigenvalue weighted by atomic mass is 9.76. The van der Waals surface area contributed by atoms with E-state index < -0.39 is 15.9 Å². The first kappa shape index (κ1) is 21.6. The molecule has 1 saturated heterocycles. The molecule has 166 valence electrons. The summed E-state index contributed by atoms with van der Waals surface area (Å²) in [6, 6.07) is 12.0. The van der Waals surface area contributed by atoms with Crippen LogP contribution in [0.25, 0.3) is 0 Å². The van der Waals surface area contributed by atoms with Crippen molar-refractivity contribution in [1.82, 2.24) is 9.71 Å². The van der Waals surface area contributed by atoms with Gasteiger partial charge >= 0.3 is 0 Å². The van der Waals surface area contributed by atoms with Crippen LogP contribution >= 0.6 is 0 Å².